The lowest BCUT2D eigenvalue weighted by Crippen LogP contribution is -2.45. The van der Waals surface area contributed by atoms with Gasteiger partial charge in [-0.2, -0.15) is 0 Å². The highest BCUT2D eigenvalue weighted by atomic mass is 32.2. The number of phenols is 2. The largest absolute Gasteiger partial charge is 0.504 e. The van der Waals surface area contributed by atoms with Crippen molar-refractivity contribution in [3.63, 3.8) is 0 Å². The number of nitrogens with zero attached hydrogens (tertiary/aromatic N) is 2. The number of carbonyl (C=O) groups is 4. The fraction of sp³-hybridized carbons (Fsp3) is 0.0851. The van der Waals surface area contributed by atoms with Gasteiger partial charge in [0.25, 0.3) is 23.6 Å². The molecule has 4 aliphatic rings. The number of thiophene rings is 14. The minimum atomic E-state index is -0.792. The number of allylic oxidation sites excluding steroid dienone is 2. The molecule has 0 spiro atoms. The molecular weight excluding hydrogens is 1830 g/mol. The van der Waals surface area contributed by atoms with Gasteiger partial charge in [-0.15, -0.1) is 182 Å². The molecule has 600 valence electrons. The molecule has 0 bridgehead atoms. The van der Waals surface area contributed by atoms with Crippen molar-refractivity contribution < 1.29 is 48.3 Å². The monoisotopic (exact) mass is 1890 g/mol. The summed E-state index contributed by atoms with van der Waals surface area (Å²) in [5.41, 5.74) is 1.45. The Hall–Kier alpha value is -9.80. The van der Waals surface area contributed by atoms with Gasteiger partial charge in [-0.1, -0.05) is 30.4 Å². The van der Waals surface area contributed by atoms with Crippen molar-refractivity contribution in [2.24, 2.45) is 0 Å². The second-order valence-electron chi connectivity index (χ2n) is 28.5. The predicted octanol–water partition coefficient (Wildman–Crippen LogP) is 31.0. The molecule has 2 N–H and O–H groups in total. The molecule has 4 aromatic carbocycles. The quantitative estimate of drug-likeness (QED) is 0.0621. The maximum Gasteiger partial charge on any atom is 0.266 e. The number of benzene rings is 4. The van der Waals surface area contributed by atoms with Gasteiger partial charge >= 0.3 is 0 Å². The van der Waals surface area contributed by atoms with E-state index in [1.54, 1.807) is 113 Å². The normalized spacial score (nSPS) is 15.0. The van der Waals surface area contributed by atoms with Crippen LogP contribution in [0.3, 0.4) is 0 Å². The summed E-state index contributed by atoms with van der Waals surface area (Å²) >= 11 is 26.6. The van der Waals surface area contributed by atoms with E-state index < -0.39 is 35.1 Å². The van der Waals surface area contributed by atoms with Crippen molar-refractivity contribution in [3.8, 4) is 174 Å². The van der Waals surface area contributed by atoms with E-state index in [0.717, 1.165) is 95.8 Å². The van der Waals surface area contributed by atoms with Crippen LogP contribution in [0.2, 0.25) is 0 Å². The van der Waals surface area contributed by atoms with Crippen LogP contribution in [0.15, 0.2) is 228 Å². The Kier molecular flexibility index (Phi) is 20.4. The lowest BCUT2D eigenvalue weighted by molar-refractivity contribution is 0.0874. The highest BCUT2D eigenvalue weighted by Gasteiger charge is 2.50. The van der Waals surface area contributed by atoms with Crippen LogP contribution in [-0.4, -0.2) is 72.8 Å². The third-order valence-corrected chi connectivity index (χ3v) is 41.2. The first-order chi connectivity index (χ1) is 59.7. The van der Waals surface area contributed by atoms with Gasteiger partial charge in [-0.25, -0.2) is 9.80 Å². The molecule has 0 radical (unpaired) electrons. The lowest BCUT2D eigenvalue weighted by Gasteiger charge is -2.37. The summed E-state index contributed by atoms with van der Waals surface area (Å²) in [5.74, 6) is -3.89. The van der Waals surface area contributed by atoms with Gasteiger partial charge in [0, 0.05) is 195 Å². The topological polar surface area (TPSA) is 152 Å². The molecule has 18 aromatic rings. The Balaban J connectivity index is 0.832. The number of hydrogen-bond acceptors (Lipinski definition) is 26. The zero-order valence-electron chi connectivity index (χ0n) is 64.1. The van der Waals surface area contributed by atoms with E-state index in [-0.39, 0.29) is 67.4 Å². The number of imide groups is 2. The number of amides is 4. The van der Waals surface area contributed by atoms with Gasteiger partial charge in [-0.05, 0) is 186 Å². The molecule has 122 heavy (non-hydrogen) atoms. The van der Waals surface area contributed by atoms with Gasteiger partial charge in [0.15, 0.2) is 23.0 Å². The molecule has 22 rings (SSSR count). The average Bonchev–Trinajstić information content (AvgIpc) is 1.12. The first kappa shape index (κ1) is 78.2. The van der Waals surface area contributed by atoms with Crippen LogP contribution >= 0.6 is 182 Å². The van der Waals surface area contributed by atoms with E-state index in [2.05, 4.69) is 161 Å². The molecular formula is C94H58N2O10S16. The number of phenolic OH excluding ortho intramolecular Hbond substituents is 2. The number of rotatable bonds is 22. The van der Waals surface area contributed by atoms with E-state index in [4.69, 9.17) is 18.9 Å². The number of anilines is 2. The Morgan fingerprint density at radius 3 is 0.836 bits per heavy atom. The number of hydrogen-bond donors (Lipinski definition) is 2. The van der Waals surface area contributed by atoms with Crippen LogP contribution in [0.4, 0.5) is 11.4 Å². The zero-order chi connectivity index (χ0) is 82.4. The van der Waals surface area contributed by atoms with E-state index >= 15 is 19.2 Å². The minimum Gasteiger partial charge on any atom is -0.504 e. The molecule has 4 aliphatic heterocycles. The fourth-order valence-electron chi connectivity index (χ4n) is 16.2. The van der Waals surface area contributed by atoms with E-state index in [1.165, 1.54) is 132 Å². The SMILES string of the molecule is COc1cc(N2C(=O)c3c(-c4ccc(-c5ccc(C6=CCC(C7CC=CS7)S6)s5)s4)c(-c4ccc(-c5ccc(-c6ccc(-c7cccs7)s6)s5)s4)c4c5c(c(-c6ccc(-c7ccc(-c8ccc(-c9cccs9)s8)s7)s6)c(-c6ccc(-c7ccc(-c8ccc(-c9cccs9)s8)s7)s6)c(c35)C2=O)C(=O)N(c2cc(O)c(OC)c(OC)c2)C4=O)cc(O)c1OC. The standard InChI is InChI=1S/C94H58N2O10S16/c1-103-49-43-45(41-47(97)89(49)105-3)95-91(99)85-79(75-33-29-71(119-75)67-25-21-63(115-67)59-17-13-55(111-59)51-9-5-37-107-51)81(77-35-31-73(121-77)69-27-23-65(117-69)61-19-15-57(113-61)53-11-7-39-109-53)87-84-83(85)86(92(95)100)80(76-34-30-72(120-76)68-26-22-64(116-68)60-18-14-56(112-60)52-10-6-38-108-52)82(88(84)94(102)96(93(87)101)46-42-48(98)90(106-4)50(44-46)104-2)78-36-32-74(122-78)70-28-24-66(118-70)62-20-16-58(114-62)54-12-8-40-110-54/h5-11,13-15,17-44,54,58,97-98H,12,16H2,1-4H3. The smallest absolute Gasteiger partial charge is 0.266 e. The summed E-state index contributed by atoms with van der Waals surface area (Å²) in [6, 6.07) is 64.6. The van der Waals surface area contributed by atoms with Crippen molar-refractivity contribution >= 4 is 233 Å². The Morgan fingerprint density at radius 2 is 0.574 bits per heavy atom. The molecule has 2 atom stereocenters. The van der Waals surface area contributed by atoms with Gasteiger partial charge in [-0.3, -0.25) is 19.2 Å². The summed E-state index contributed by atoms with van der Waals surface area (Å²) in [6.07, 6.45) is 6.65. The van der Waals surface area contributed by atoms with Gasteiger partial charge in [0.1, 0.15) is 0 Å². The minimum absolute atomic E-state index is 0.0161. The second kappa shape index (κ2) is 31.8. The number of carbonyl (C=O) groups excluding carboxylic acids is 4. The highest BCUT2D eigenvalue weighted by molar-refractivity contribution is 8.11. The van der Waals surface area contributed by atoms with Crippen LogP contribution in [0.1, 0.15) is 59.2 Å². The third kappa shape index (κ3) is 13.3. The molecule has 28 heteroatoms. The van der Waals surface area contributed by atoms with Gasteiger partial charge in [0.2, 0.25) is 11.5 Å². The molecule has 4 amide bonds. The number of ether oxygens (including phenoxy) is 4. The van der Waals surface area contributed by atoms with E-state index in [1.807, 2.05) is 66.0 Å². The van der Waals surface area contributed by atoms with Crippen LogP contribution in [0.25, 0.3) is 155 Å². The molecule has 0 aliphatic carbocycles. The molecule has 12 nitrogen and oxygen atoms in total. The molecule has 14 aromatic heterocycles. The summed E-state index contributed by atoms with van der Waals surface area (Å²) in [4.78, 5) is 98.5. The summed E-state index contributed by atoms with van der Waals surface area (Å²) < 4.78 is 23.4. The van der Waals surface area contributed by atoms with Crippen molar-refractivity contribution in [2.45, 2.75) is 23.3 Å². The van der Waals surface area contributed by atoms with Crippen LogP contribution in [-0.2, 0) is 0 Å². The second-order valence-corrected chi connectivity index (χ2v) is 45.7. The Morgan fingerprint density at radius 1 is 0.303 bits per heavy atom. The molecule has 0 saturated carbocycles. The maximum atomic E-state index is 17.6. The zero-order valence-corrected chi connectivity index (χ0v) is 77.2. The molecule has 18 heterocycles. The van der Waals surface area contributed by atoms with Crippen molar-refractivity contribution in [3.05, 3.63) is 255 Å². The summed E-state index contributed by atoms with van der Waals surface area (Å²) in [6.45, 7) is 0. The number of methoxy groups -OCH3 is 4. The maximum absolute atomic E-state index is 17.6. The van der Waals surface area contributed by atoms with Gasteiger partial charge in [0.05, 0.1) is 62.1 Å². The number of aromatic hydroxyl groups is 2. The molecule has 0 fully saturated rings. The Bertz CT molecular complexity index is 7320. The first-order valence-corrected chi connectivity index (χ1v) is 51.5. The van der Waals surface area contributed by atoms with Gasteiger partial charge < -0.3 is 29.2 Å². The van der Waals surface area contributed by atoms with Crippen molar-refractivity contribution in [1.29, 1.82) is 0 Å². The highest BCUT2D eigenvalue weighted by Crippen LogP contribution is 2.62. The van der Waals surface area contributed by atoms with Crippen LogP contribution in [0, 0.1) is 0 Å². The molecule has 2 unspecified atom stereocenters. The van der Waals surface area contributed by atoms with E-state index in [9.17, 15) is 10.2 Å². The number of thioether (sulfide) groups is 2. The Labute approximate surface area is 763 Å². The lowest BCUT2D eigenvalue weighted by atomic mass is 9.75. The summed E-state index contributed by atoms with van der Waals surface area (Å²) in [5, 5.41) is 34.0. The van der Waals surface area contributed by atoms with Crippen molar-refractivity contribution in [1.82, 2.24) is 0 Å². The summed E-state index contributed by atoms with van der Waals surface area (Å²) in [7, 11) is 5.65. The average molecular weight is 1890 g/mol. The third-order valence-electron chi connectivity index (χ3n) is 21.7. The first-order valence-electron chi connectivity index (χ1n) is 38.1. The molecule has 0 saturated heterocycles. The van der Waals surface area contributed by atoms with Crippen LogP contribution < -0.4 is 28.7 Å². The fourth-order valence-corrected chi connectivity index (χ4v) is 33.3. The predicted molar refractivity (Wildman–Crippen MR) is 524 cm³/mol. The van der Waals surface area contributed by atoms with E-state index in [0.29, 0.717) is 52.3 Å². The van der Waals surface area contributed by atoms with Crippen molar-refractivity contribution in [2.75, 3.05) is 38.2 Å². The van der Waals surface area contributed by atoms with Crippen LogP contribution in [0.5, 0.6) is 34.5 Å².